The largest absolute Gasteiger partial charge is 0.310 e. The first-order valence-corrected chi connectivity index (χ1v) is 8.42. The number of fused-ring (bicyclic) bond motifs is 1. The molecule has 1 nitrogen and oxygen atoms in total. The highest BCUT2D eigenvalue weighted by atomic mass is 15.1. The van der Waals surface area contributed by atoms with Gasteiger partial charge in [0, 0.05) is 16.8 Å². The summed E-state index contributed by atoms with van der Waals surface area (Å²) >= 11 is 0. The molecule has 4 aromatic rings. The maximum absolute atomic E-state index is 3.85. The molecule has 0 aliphatic heterocycles. The van der Waals surface area contributed by atoms with Gasteiger partial charge in [0.05, 0.1) is 5.69 Å². The zero-order valence-corrected chi connectivity index (χ0v) is 14.0. The van der Waals surface area contributed by atoms with E-state index in [1.807, 2.05) is 12.1 Å². The van der Waals surface area contributed by atoms with Crippen LogP contribution in [0.25, 0.3) is 16.8 Å². The molecule has 0 unspecified atom stereocenters. The van der Waals surface area contributed by atoms with Gasteiger partial charge >= 0.3 is 0 Å². The van der Waals surface area contributed by atoms with Crippen LogP contribution in [-0.4, -0.2) is 0 Å². The number of benzene rings is 4. The smallest absolute Gasteiger partial charge is 0.0540 e. The van der Waals surface area contributed by atoms with E-state index in [9.17, 15) is 0 Å². The van der Waals surface area contributed by atoms with Crippen LogP contribution in [0.5, 0.6) is 0 Å². The second-order valence-electron chi connectivity index (χ2n) is 5.96. The molecule has 25 heavy (non-hydrogen) atoms. The number of para-hydroxylation sites is 1. The Morgan fingerprint density at radius 2 is 1.24 bits per heavy atom. The van der Waals surface area contributed by atoms with Gasteiger partial charge in [0.1, 0.15) is 0 Å². The number of rotatable bonds is 4. The molecular weight excluding hydrogens is 302 g/mol. The van der Waals surface area contributed by atoms with Gasteiger partial charge in [-0.25, -0.2) is 0 Å². The summed E-state index contributed by atoms with van der Waals surface area (Å²) in [5.74, 6) is 0. The lowest BCUT2D eigenvalue weighted by molar-refractivity contribution is 1.30. The van der Waals surface area contributed by atoms with Crippen molar-refractivity contribution in [3.63, 3.8) is 0 Å². The summed E-state index contributed by atoms with van der Waals surface area (Å²) in [5.41, 5.74) is 4.57. The third kappa shape index (κ3) is 2.92. The van der Waals surface area contributed by atoms with Gasteiger partial charge < -0.3 is 4.90 Å². The van der Waals surface area contributed by atoms with Gasteiger partial charge in [-0.2, -0.15) is 0 Å². The number of hydrogen-bond acceptors (Lipinski definition) is 1. The van der Waals surface area contributed by atoms with Crippen LogP contribution in [0.3, 0.4) is 0 Å². The van der Waals surface area contributed by atoms with Crippen LogP contribution < -0.4 is 4.90 Å². The van der Waals surface area contributed by atoms with Crippen molar-refractivity contribution in [3.8, 4) is 0 Å². The summed E-state index contributed by atoms with van der Waals surface area (Å²) in [6.45, 7) is 3.85. The molecule has 0 fully saturated rings. The highest BCUT2D eigenvalue weighted by Gasteiger charge is 2.14. The molecule has 0 radical (unpaired) electrons. The molecule has 0 saturated heterocycles. The molecule has 4 aromatic carbocycles. The van der Waals surface area contributed by atoms with Gasteiger partial charge in [0.2, 0.25) is 0 Å². The van der Waals surface area contributed by atoms with Crippen LogP contribution in [-0.2, 0) is 0 Å². The SMILES string of the molecule is C=Cc1ccc(N(c2ccccc2)c2cccc3ccccc23)cc1. The molecule has 0 N–H and O–H groups in total. The predicted octanol–water partition coefficient (Wildman–Crippen LogP) is 6.95. The summed E-state index contributed by atoms with van der Waals surface area (Å²) < 4.78 is 0. The normalized spacial score (nSPS) is 10.6. The van der Waals surface area contributed by atoms with E-state index in [1.165, 1.54) is 16.5 Å². The van der Waals surface area contributed by atoms with Crippen LogP contribution in [0.15, 0.2) is 104 Å². The monoisotopic (exact) mass is 321 g/mol. The highest BCUT2D eigenvalue weighted by Crippen LogP contribution is 2.38. The van der Waals surface area contributed by atoms with Crippen molar-refractivity contribution >= 4 is 33.9 Å². The third-order valence-electron chi connectivity index (χ3n) is 4.41. The molecule has 0 saturated carbocycles. The highest BCUT2D eigenvalue weighted by molar-refractivity contribution is 5.98. The van der Waals surface area contributed by atoms with Crippen molar-refractivity contribution in [2.75, 3.05) is 4.90 Å². The van der Waals surface area contributed by atoms with Gasteiger partial charge in [0.15, 0.2) is 0 Å². The Morgan fingerprint density at radius 1 is 0.600 bits per heavy atom. The average Bonchev–Trinajstić information content (AvgIpc) is 2.70. The summed E-state index contributed by atoms with van der Waals surface area (Å²) in [6.07, 6.45) is 1.87. The lowest BCUT2D eigenvalue weighted by Crippen LogP contribution is -2.10. The first kappa shape index (κ1) is 15.2. The van der Waals surface area contributed by atoms with Crippen molar-refractivity contribution in [2.24, 2.45) is 0 Å². The molecule has 0 heterocycles. The fourth-order valence-corrected chi connectivity index (χ4v) is 3.17. The summed E-state index contributed by atoms with van der Waals surface area (Å²) in [4.78, 5) is 2.30. The molecule has 0 atom stereocenters. The summed E-state index contributed by atoms with van der Waals surface area (Å²) in [7, 11) is 0. The zero-order valence-electron chi connectivity index (χ0n) is 14.0. The Bertz CT molecular complexity index is 996. The quantitative estimate of drug-likeness (QED) is 0.393. The molecule has 0 amide bonds. The maximum Gasteiger partial charge on any atom is 0.0540 e. The molecule has 120 valence electrons. The van der Waals surface area contributed by atoms with E-state index in [2.05, 4.69) is 102 Å². The standard InChI is InChI=1S/C24H19N/c1-2-19-15-17-22(18-16-19)25(21-11-4-3-5-12-21)24-14-8-10-20-9-6-7-13-23(20)24/h2-18H,1H2. The number of hydrogen-bond donors (Lipinski definition) is 0. The molecule has 0 spiro atoms. The van der Waals surface area contributed by atoms with Crippen molar-refractivity contribution < 1.29 is 0 Å². The van der Waals surface area contributed by atoms with E-state index in [0.29, 0.717) is 0 Å². The van der Waals surface area contributed by atoms with E-state index in [4.69, 9.17) is 0 Å². The molecule has 4 rings (SSSR count). The maximum atomic E-state index is 3.85. The number of anilines is 3. The second-order valence-corrected chi connectivity index (χ2v) is 5.96. The van der Waals surface area contributed by atoms with Gasteiger partial charge in [0.25, 0.3) is 0 Å². The second kappa shape index (κ2) is 6.66. The van der Waals surface area contributed by atoms with Crippen molar-refractivity contribution in [3.05, 3.63) is 109 Å². The Kier molecular flexibility index (Phi) is 4.05. The van der Waals surface area contributed by atoms with E-state index >= 15 is 0 Å². The van der Waals surface area contributed by atoms with E-state index < -0.39 is 0 Å². The molecule has 0 bridgehead atoms. The van der Waals surface area contributed by atoms with Gasteiger partial charge in [-0.15, -0.1) is 0 Å². The predicted molar refractivity (Wildman–Crippen MR) is 109 cm³/mol. The first-order valence-electron chi connectivity index (χ1n) is 8.42. The summed E-state index contributed by atoms with van der Waals surface area (Å²) in [5, 5.41) is 2.48. The Labute approximate surface area is 148 Å². The van der Waals surface area contributed by atoms with Crippen molar-refractivity contribution in [1.29, 1.82) is 0 Å². The number of nitrogens with zero attached hydrogens (tertiary/aromatic N) is 1. The van der Waals surface area contributed by atoms with E-state index in [-0.39, 0.29) is 0 Å². The van der Waals surface area contributed by atoms with Crippen LogP contribution in [0.4, 0.5) is 17.1 Å². The van der Waals surface area contributed by atoms with E-state index in [0.717, 1.165) is 16.9 Å². The van der Waals surface area contributed by atoms with Crippen molar-refractivity contribution in [2.45, 2.75) is 0 Å². The van der Waals surface area contributed by atoms with Gasteiger partial charge in [-0.3, -0.25) is 0 Å². The van der Waals surface area contributed by atoms with Gasteiger partial charge in [-0.05, 0) is 41.3 Å². The fraction of sp³-hybridized carbons (Fsp3) is 0. The Balaban J connectivity index is 1.95. The molecule has 0 aliphatic rings. The summed E-state index contributed by atoms with van der Waals surface area (Å²) in [6, 6.07) is 33.9. The Morgan fingerprint density at radius 3 is 2.00 bits per heavy atom. The molecule has 0 aliphatic carbocycles. The van der Waals surface area contributed by atoms with Crippen LogP contribution in [0, 0.1) is 0 Å². The van der Waals surface area contributed by atoms with Crippen LogP contribution >= 0.6 is 0 Å². The van der Waals surface area contributed by atoms with Crippen LogP contribution in [0.1, 0.15) is 5.56 Å². The third-order valence-corrected chi connectivity index (χ3v) is 4.41. The van der Waals surface area contributed by atoms with Crippen LogP contribution in [0.2, 0.25) is 0 Å². The minimum absolute atomic E-state index is 1.12. The minimum Gasteiger partial charge on any atom is -0.310 e. The average molecular weight is 321 g/mol. The van der Waals surface area contributed by atoms with Gasteiger partial charge in [-0.1, -0.05) is 79.4 Å². The fourth-order valence-electron chi connectivity index (χ4n) is 3.17. The lowest BCUT2D eigenvalue weighted by atomic mass is 10.1. The first-order chi connectivity index (χ1) is 12.4. The Hall–Kier alpha value is -3.32. The minimum atomic E-state index is 1.12. The van der Waals surface area contributed by atoms with Crippen molar-refractivity contribution in [1.82, 2.24) is 0 Å². The zero-order chi connectivity index (χ0) is 17.1. The molecule has 1 heteroatoms. The topological polar surface area (TPSA) is 3.24 Å². The molecule has 0 aromatic heterocycles. The van der Waals surface area contributed by atoms with E-state index in [1.54, 1.807) is 0 Å². The molecular formula is C24H19N. The lowest BCUT2D eigenvalue weighted by Gasteiger charge is -2.27.